The van der Waals surface area contributed by atoms with Gasteiger partial charge in [0, 0.05) is 10.7 Å². The summed E-state index contributed by atoms with van der Waals surface area (Å²) in [5.41, 5.74) is 1.17. The Balaban J connectivity index is 1.58. The van der Waals surface area contributed by atoms with Crippen molar-refractivity contribution >= 4 is 46.0 Å². The van der Waals surface area contributed by atoms with Crippen molar-refractivity contribution in [3.8, 4) is 5.69 Å². The highest BCUT2D eigenvalue weighted by molar-refractivity contribution is 7.99. The van der Waals surface area contributed by atoms with E-state index < -0.39 is 17.6 Å². The minimum Gasteiger partial charge on any atom is -0.325 e. The molecule has 0 fully saturated rings. The van der Waals surface area contributed by atoms with Gasteiger partial charge >= 0.3 is 6.18 Å². The summed E-state index contributed by atoms with van der Waals surface area (Å²) in [5.74, 6) is -0.694. The summed E-state index contributed by atoms with van der Waals surface area (Å²) in [4.78, 5) is 17.0. The number of amides is 1. The fourth-order valence-electron chi connectivity index (χ4n) is 3.10. The molecule has 0 unspecified atom stereocenters. The first kappa shape index (κ1) is 21.3. The summed E-state index contributed by atoms with van der Waals surface area (Å²) in [5, 5.41) is 2.84. The number of benzene rings is 3. The third-order valence-corrected chi connectivity index (χ3v) is 5.61. The zero-order chi connectivity index (χ0) is 22.0. The van der Waals surface area contributed by atoms with E-state index in [2.05, 4.69) is 10.3 Å². The summed E-state index contributed by atoms with van der Waals surface area (Å²) in [6.07, 6.45) is -4.64. The van der Waals surface area contributed by atoms with E-state index >= 15 is 0 Å². The molecule has 9 heteroatoms. The van der Waals surface area contributed by atoms with Gasteiger partial charge in [-0.2, -0.15) is 13.2 Å². The van der Waals surface area contributed by atoms with Crippen LogP contribution >= 0.6 is 23.4 Å². The molecule has 4 nitrogen and oxygen atoms in total. The van der Waals surface area contributed by atoms with E-state index in [4.69, 9.17) is 11.6 Å². The van der Waals surface area contributed by atoms with Crippen molar-refractivity contribution in [1.29, 1.82) is 0 Å². The fraction of sp³-hybridized carbons (Fsp3) is 0.0909. The van der Waals surface area contributed by atoms with Gasteiger partial charge in [0.2, 0.25) is 5.91 Å². The van der Waals surface area contributed by atoms with Crippen LogP contribution in [0, 0.1) is 0 Å². The quantitative estimate of drug-likeness (QED) is 0.348. The maximum absolute atomic E-state index is 13.3. The van der Waals surface area contributed by atoms with Crippen LogP contribution in [0.4, 0.5) is 18.9 Å². The minimum atomic E-state index is -4.64. The molecule has 0 atom stereocenters. The van der Waals surface area contributed by atoms with E-state index in [0.717, 1.165) is 40.6 Å². The molecule has 0 saturated carbocycles. The number of nitrogens with one attached hydrogen (secondary N) is 1. The van der Waals surface area contributed by atoms with E-state index in [-0.39, 0.29) is 16.5 Å². The number of hydrogen-bond acceptors (Lipinski definition) is 3. The van der Waals surface area contributed by atoms with E-state index in [9.17, 15) is 18.0 Å². The predicted octanol–water partition coefficient (Wildman–Crippen LogP) is 6.43. The second kappa shape index (κ2) is 8.64. The van der Waals surface area contributed by atoms with Crippen molar-refractivity contribution in [3.63, 3.8) is 0 Å². The molecule has 0 aliphatic rings. The summed E-state index contributed by atoms with van der Waals surface area (Å²) in [6.45, 7) is 0. The van der Waals surface area contributed by atoms with Crippen molar-refractivity contribution in [2.45, 2.75) is 11.3 Å². The number of hydrogen-bond donors (Lipinski definition) is 1. The number of carbonyl (C=O) groups is 1. The Hall–Kier alpha value is -2.97. The number of thioether (sulfide) groups is 1. The van der Waals surface area contributed by atoms with Gasteiger partial charge < -0.3 is 5.32 Å². The Morgan fingerprint density at radius 2 is 1.74 bits per heavy atom. The van der Waals surface area contributed by atoms with Gasteiger partial charge in [-0.25, -0.2) is 4.98 Å². The van der Waals surface area contributed by atoms with E-state index in [1.54, 1.807) is 0 Å². The average Bonchev–Trinajstić information content (AvgIpc) is 3.12. The summed E-state index contributed by atoms with van der Waals surface area (Å²) >= 11 is 6.83. The molecule has 0 bridgehead atoms. The lowest BCUT2D eigenvalue weighted by Gasteiger charge is -2.14. The number of alkyl halides is 3. The van der Waals surface area contributed by atoms with Gasteiger partial charge in [0.05, 0.1) is 28.0 Å². The van der Waals surface area contributed by atoms with E-state index in [0.29, 0.717) is 5.16 Å². The normalized spacial score (nSPS) is 11.6. The molecule has 1 amide bonds. The molecule has 0 radical (unpaired) electrons. The van der Waals surface area contributed by atoms with Crippen LogP contribution in [0.15, 0.2) is 78.0 Å². The van der Waals surface area contributed by atoms with Crippen LogP contribution in [0.5, 0.6) is 0 Å². The first-order valence-corrected chi connectivity index (χ1v) is 10.5. The molecular weight excluding hydrogens is 447 g/mol. The van der Waals surface area contributed by atoms with Gasteiger partial charge in [-0.1, -0.05) is 53.7 Å². The maximum Gasteiger partial charge on any atom is 0.418 e. The Bertz CT molecular complexity index is 1240. The van der Waals surface area contributed by atoms with Gasteiger partial charge in [-0.3, -0.25) is 9.36 Å². The third kappa shape index (κ3) is 4.70. The number of nitrogens with zero attached hydrogens (tertiary/aromatic N) is 2. The van der Waals surface area contributed by atoms with Crippen LogP contribution in [0.2, 0.25) is 5.02 Å². The van der Waals surface area contributed by atoms with Crippen LogP contribution < -0.4 is 5.32 Å². The molecule has 158 valence electrons. The molecule has 1 heterocycles. The molecule has 3 aromatic carbocycles. The number of imidazole rings is 1. The first-order valence-electron chi connectivity index (χ1n) is 9.15. The lowest BCUT2D eigenvalue weighted by Crippen LogP contribution is -2.18. The highest BCUT2D eigenvalue weighted by Gasteiger charge is 2.34. The molecule has 0 aliphatic carbocycles. The molecule has 0 aliphatic heterocycles. The van der Waals surface area contributed by atoms with Crippen LogP contribution in [-0.4, -0.2) is 21.2 Å². The zero-order valence-corrected chi connectivity index (χ0v) is 17.4. The predicted molar refractivity (Wildman–Crippen MR) is 117 cm³/mol. The second-order valence-corrected chi connectivity index (χ2v) is 7.96. The SMILES string of the molecule is O=C(CSc1nc2ccccc2n1-c1ccccc1)Nc1ccc(Cl)cc1C(F)(F)F. The van der Waals surface area contributed by atoms with Crippen LogP contribution in [0.1, 0.15) is 5.56 Å². The summed E-state index contributed by atoms with van der Waals surface area (Å²) < 4.78 is 41.7. The van der Waals surface area contributed by atoms with Gasteiger partial charge in [0.25, 0.3) is 0 Å². The molecule has 4 aromatic rings. The second-order valence-electron chi connectivity index (χ2n) is 6.58. The molecule has 4 rings (SSSR count). The average molecular weight is 462 g/mol. The standard InChI is InChI=1S/C22H15ClF3N3OS/c23-14-10-11-17(16(12-14)22(24,25)26)27-20(30)13-31-21-28-18-8-4-5-9-19(18)29(21)15-6-2-1-3-7-15/h1-12H,13H2,(H,27,30). The van der Waals surface area contributed by atoms with Crippen LogP contribution in [0.3, 0.4) is 0 Å². The first-order chi connectivity index (χ1) is 14.8. The Morgan fingerprint density at radius 3 is 2.48 bits per heavy atom. The Labute approximate surface area is 185 Å². The lowest BCUT2D eigenvalue weighted by molar-refractivity contribution is -0.137. The summed E-state index contributed by atoms with van der Waals surface area (Å²) in [6, 6.07) is 20.3. The van der Waals surface area contributed by atoms with E-state index in [1.807, 2.05) is 59.2 Å². The van der Waals surface area contributed by atoms with Crippen LogP contribution in [0.25, 0.3) is 16.7 Å². The molecule has 1 aromatic heterocycles. The van der Waals surface area contributed by atoms with Gasteiger partial charge in [-0.05, 0) is 42.5 Å². The molecule has 0 spiro atoms. The van der Waals surface area contributed by atoms with E-state index in [1.165, 1.54) is 6.07 Å². The molecule has 31 heavy (non-hydrogen) atoms. The smallest absolute Gasteiger partial charge is 0.325 e. The number of para-hydroxylation sites is 3. The lowest BCUT2D eigenvalue weighted by atomic mass is 10.1. The number of anilines is 1. The topological polar surface area (TPSA) is 46.9 Å². The number of carbonyl (C=O) groups excluding carboxylic acids is 1. The largest absolute Gasteiger partial charge is 0.418 e. The van der Waals surface area contributed by atoms with Crippen molar-refractivity contribution in [3.05, 3.63) is 83.4 Å². The highest BCUT2D eigenvalue weighted by Crippen LogP contribution is 2.36. The van der Waals surface area contributed by atoms with Gasteiger partial charge in [0.1, 0.15) is 0 Å². The number of rotatable bonds is 5. The van der Waals surface area contributed by atoms with Crippen LogP contribution in [-0.2, 0) is 11.0 Å². The highest BCUT2D eigenvalue weighted by atomic mass is 35.5. The van der Waals surface area contributed by atoms with Crippen molar-refractivity contribution < 1.29 is 18.0 Å². The molecule has 0 saturated heterocycles. The monoisotopic (exact) mass is 461 g/mol. The zero-order valence-electron chi connectivity index (χ0n) is 15.9. The van der Waals surface area contributed by atoms with Gasteiger partial charge in [0.15, 0.2) is 5.16 Å². The third-order valence-electron chi connectivity index (χ3n) is 4.44. The fourth-order valence-corrected chi connectivity index (χ4v) is 4.10. The Kier molecular flexibility index (Phi) is 5.93. The van der Waals surface area contributed by atoms with Gasteiger partial charge in [-0.15, -0.1) is 0 Å². The molecule has 1 N–H and O–H groups in total. The van der Waals surface area contributed by atoms with Crippen molar-refractivity contribution in [2.75, 3.05) is 11.1 Å². The molecular formula is C22H15ClF3N3OS. The van der Waals surface area contributed by atoms with Crippen molar-refractivity contribution in [1.82, 2.24) is 9.55 Å². The summed E-state index contributed by atoms with van der Waals surface area (Å²) in [7, 11) is 0. The number of aromatic nitrogens is 2. The number of fused-ring (bicyclic) bond motifs is 1. The Morgan fingerprint density at radius 1 is 1.03 bits per heavy atom. The number of halogens is 4. The maximum atomic E-state index is 13.3. The van der Waals surface area contributed by atoms with Crippen molar-refractivity contribution in [2.24, 2.45) is 0 Å². The minimum absolute atomic E-state index is 0.0590.